The Morgan fingerprint density at radius 2 is 1.61 bits per heavy atom. The summed E-state index contributed by atoms with van der Waals surface area (Å²) < 4.78 is 16.0. The summed E-state index contributed by atoms with van der Waals surface area (Å²) in [5, 5.41) is 11.5. The highest BCUT2D eigenvalue weighted by Gasteiger charge is 2.28. The maximum atomic E-state index is 13.2. The number of thiophene rings is 1. The summed E-state index contributed by atoms with van der Waals surface area (Å²) in [5.74, 6) is -0.946. The van der Waals surface area contributed by atoms with E-state index in [1.165, 1.54) is 6.08 Å². The summed E-state index contributed by atoms with van der Waals surface area (Å²) in [5.41, 5.74) is 1.20. The number of allylic oxidation sites excluding steroid dienone is 1. The third-order valence-corrected chi connectivity index (χ3v) is 6.69. The molecule has 1 heterocycles. The maximum absolute atomic E-state index is 13.2. The predicted octanol–water partition coefficient (Wildman–Crippen LogP) is 5.68. The molecular formula is C28H27NO6S. The number of nitrogens with zero attached hydrogens (tertiary/aromatic N) is 1. The van der Waals surface area contributed by atoms with Crippen molar-refractivity contribution in [2.75, 3.05) is 19.8 Å². The number of benzene rings is 2. The number of esters is 2. The van der Waals surface area contributed by atoms with Crippen LogP contribution in [0, 0.1) is 18.3 Å². The van der Waals surface area contributed by atoms with E-state index in [0.29, 0.717) is 22.6 Å². The van der Waals surface area contributed by atoms with Crippen LogP contribution in [0.3, 0.4) is 0 Å². The van der Waals surface area contributed by atoms with Crippen molar-refractivity contribution < 1.29 is 28.6 Å². The molecule has 0 radical (unpaired) electrons. The first-order valence-electron chi connectivity index (χ1n) is 11.6. The molecule has 0 aliphatic carbocycles. The molecule has 0 saturated heterocycles. The van der Waals surface area contributed by atoms with Crippen LogP contribution in [0.1, 0.15) is 56.8 Å². The molecule has 1 aromatic heterocycles. The fourth-order valence-corrected chi connectivity index (χ4v) is 5.02. The first kappa shape index (κ1) is 26.6. The molecule has 3 aromatic rings. The van der Waals surface area contributed by atoms with E-state index in [2.05, 4.69) is 0 Å². The standard InChI is InChI=1S/C28H27NO6S/c1-5-33-23-13-12-18(20-10-8-9-11-21(20)23)14-19(16-29)22(30)15-24-25(27(31)34-6-2)17(4)26(36-24)28(32)35-7-3/h8-14H,5-7,15H2,1-4H3/b19-14+. The van der Waals surface area contributed by atoms with Crippen LogP contribution in [-0.4, -0.2) is 37.5 Å². The topological polar surface area (TPSA) is 103 Å². The predicted molar refractivity (Wildman–Crippen MR) is 138 cm³/mol. The second kappa shape index (κ2) is 12.1. The van der Waals surface area contributed by atoms with Gasteiger partial charge in [-0.15, -0.1) is 11.3 Å². The normalized spacial score (nSPS) is 11.1. The third kappa shape index (κ3) is 5.64. The first-order chi connectivity index (χ1) is 17.4. The minimum atomic E-state index is -0.621. The highest BCUT2D eigenvalue weighted by Crippen LogP contribution is 2.32. The van der Waals surface area contributed by atoms with Crippen LogP contribution in [0.2, 0.25) is 0 Å². The number of ether oxygens (including phenoxy) is 3. The lowest BCUT2D eigenvalue weighted by molar-refractivity contribution is -0.114. The lowest BCUT2D eigenvalue weighted by Crippen LogP contribution is -2.12. The first-order valence-corrected chi connectivity index (χ1v) is 12.4. The minimum absolute atomic E-state index is 0.0668. The molecule has 0 amide bonds. The van der Waals surface area contributed by atoms with Gasteiger partial charge in [0.2, 0.25) is 0 Å². The minimum Gasteiger partial charge on any atom is -0.493 e. The van der Waals surface area contributed by atoms with E-state index >= 15 is 0 Å². The van der Waals surface area contributed by atoms with Gasteiger partial charge < -0.3 is 14.2 Å². The number of hydrogen-bond donors (Lipinski definition) is 0. The molecule has 0 saturated carbocycles. The van der Waals surface area contributed by atoms with Crippen molar-refractivity contribution in [2.24, 2.45) is 0 Å². The molecule has 186 valence electrons. The second-order valence-corrected chi connectivity index (χ2v) is 8.80. The summed E-state index contributed by atoms with van der Waals surface area (Å²) in [6.45, 7) is 7.72. The van der Waals surface area contributed by atoms with Crippen LogP contribution in [0.25, 0.3) is 16.8 Å². The van der Waals surface area contributed by atoms with Crippen LogP contribution in [0.15, 0.2) is 42.0 Å². The Labute approximate surface area is 213 Å². The summed E-state index contributed by atoms with van der Waals surface area (Å²) in [4.78, 5) is 38.9. The number of rotatable bonds is 10. The second-order valence-electron chi connectivity index (χ2n) is 7.70. The van der Waals surface area contributed by atoms with E-state index in [-0.39, 0.29) is 35.6 Å². The molecule has 3 rings (SSSR count). The number of ketones is 1. The third-order valence-electron chi connectivity index (χ3n) is 5.42. The number of carbonyl (C=O) groups is 3. The van der Waals surface area contributed by atoms with Gasteiger partial charge >= 0.3 is 11.9 Å². The van der Waals surface area contributed by atoms with E-state index in [1.54, 1.807) is 26.8 Å². The van der Waals surface area contributed by atoms with E-state index in [1.807, 2.05) is 43.3 Å². The zero-order valence-electron chi connectivity index (χ0n) is 20.7. The average Bonchev–Trinajstić information content (AvgIpc) is 3.19. The van der Waals surface area contributed by atoms with Gasteiger partial charge in [0.1, 0.15) is 16.7 Å². The summed E-state index contributed by atoms with van der Waals surface area (Å²) in [6.07, 6.45) is 1.31. The molecule has 0 aliphatic rings. The highest BCUT2D eigenvalue weighted by molar-refractivity contribution is 7.14. The Morgan fingerprint density at radius 3 is 2.25 bits per heavy atom. The molecule has 0 fully saturated rings. The molecule has 0 bridgehead atoms. The number of nitriles is 1. The van der Waals surface area contributed by atoms with Crippen molar-refractivity contribution in [3.8, 4) is 11.8 Å². The smallest absolute Gasteiger partial charge is 0.348 e. The van der Waals surface area contributed by atoms with E-state index in [4.69, 9.17) is 14.2 Å². The van der Waals surface area contributed by atoms with Crippen LogP contribution in [-0.2, 0) is 20.7 Å². The number of hydrogen-bond acceptors (Lipinski definition) is 8. The lowest BCUT2D eigenvalue weighted by Gasteiger charge is -2.10. The summed E-state index contributed by atoms with van der Waals surface area (Å²) in [7, 11) is 0. The zero-order valence-corrected chi connectivity index (χ0v) is 21.5. The zero-order chi connectivity index (χ0) is 26.2. The van der Waals surface area contributed by atoms with Gasteiger partial charge in [-0.25, -0.2) is 9.59 Å². The molecule has 0 N–H and O–H groups in total. The van der Waals surface area contributed by atoms with Gasteiger partial charge in [-0.1, -0.05) is 30.3 Å². The van der Waals surface area contributed by atoms with Gasteiger partial charge in [-0.2, -0.15) is 5.26 Å². The highest BCUT2D eigenvalue weighted by atomic mass is 32.1. The van der Waals surface area contributed by atoms with E-state index < -0.39 is 17.7 Å². The molecule has 7 nitrogen and oxygen atoms in total. The fourth-order valence-electron chi connectivity index (χ4n) is 3.83. The molecule has 0 aliphatic heterocycles. The lowest BCUT2D eigenvalue weighted by atomic mass is 9.98. The Kier molecular flexibility index (Phi) is 8.98. The van der Waals surface area contributed by atoms with Crippen LogP contribution in [0.5, 0.6) is 5.75 Å². The van der Waals surface area contributed by atoms with Crippen molar-refractivity contribution in [3.05, 3.63) is 68.4 Å². The van der Waals surface area contributed by atoms with E-state index in [0.717, 1.165) is 27.9 Å². The quantitative estimate of drug-likeness (QED) is 0.198. The Bertz CT molecular complexity index is 1380. The molecule has 36 heavy (non-hydrogen) atoms. The maximum Gasteiger partial charge on any atom is 0.348 e. The Hall–Kier alpha value is -3.96. The van der Waals surface area contributed by atoms with Gasteiger partial charge in [0.05, 0.1) is 31.0 Å². The van der Waals surface area contributed by atoms with Crippen molar-refractivity contribution in [1.29, 1.82) is 5.26 Å². The van der Waals surface area contributed by atoms with Crippen molar-refractivity contribution in [2.45, 2.75) is 34.1 Å². The van der Waals surface area contributed by atoms with Gasteiger partial charge in [0.15, 0.2) is 5.78 Å². The SMILES string of the molecule is CCOC(=O)c1sc(CC(=O)/C(C#N)=C/c2ccc(OCC)c3ccccc23)c(C(=O)OCC)c1C. The van der Waals surface area contributed by atoms with Crippen LogP contribution >= 0.6 is 11.3 Å². The number of carbonyl (C=O) groups excluding carboxylic acids is 3. The number of fused-ring (bicyclic) bond motifs is 1. The average molecular weight is 506 g/mol. The molecule has 0 unspecified atom stereocenters. The molecular weight excluding hydrogens is 478 g/mol. The molecule has 2 aromatic carbocycles. The fraction of sp³-hybridized carbons (Fsp3) is 0.286. The monoisotopic (exact) mass is 505 g/mol. The van der Waals surface area contributed by atoms with Crippen molar-refractivity contribution >= 4 is 45.9 Å². The Balaban J connectivity index is 2.02. The van der Waals surface area contributed by atoms with E-state index in [9.17, 15) is 19.6 Å². The summed E-state index contributed by atoms with van der Waals surface area (Å²) in [6, 6.07) is 13.2. The van der Waals surface area contributed by atoms with Crippen molar-refractivity contribution in [1.82, 2.24) is 0 Å². The van der Waals surface area contributed by atoms with Gasteiger partial charge in [-0.3, -0.25) is 4.79 Å². The number of Topliss-reactive ketones (excluding diaryl/α,β-unsaturated/α-hetero) is 1. The van der Waals surface area contributed by atoms with Gasteiger partial charge in [0.25, 0.3) is 0 Å². The van der Waals surface area contributed by atoms with Gasteiger partial charge in [0, 0.05) is 16.7 Å². The molecule has 0 spiro atoms. The van der Waals surface area contributed by atoms with Crippen molar-refractivity contribution in [3.63, 3.8) is 0 Å². The molecule has 8 heteroatoms. The molecule has 0 atom stereocenters. The summed E-state index contributed by atoms with van der Waals surface area (Å²) >= 11 is 1.01. The van der Waals surface area contributed by atoms with Crippen LogP contribution in [0.4, 0.5) is 0 Å². The Morgan fingerprint density at radius 1 is 0.944 bits per heavy atom. The van der Waals surface area contributed by atoms with Crippen LogP contribution < -0.4 is 4.74 Å². The largest absolute Gasteiger partial charge is 0.493 e. The van der Waals surface area contributed by atoms with Gasteiger partial charge in [-0.05, 0) is 56.4 Å².